The monoisotopic (exact) mass is 1110 g/mol. The second kappa shape index (κ2) is 26.9. The second-order valence-electron chi connectivity index (χ2n) is 25.8. The van der Waals surface area contributed by atoms with Gasteiger partial charge in [0.1, 0.15) is 0 Å². The fourth-order valence-electron chi connectivity index (χ4n) is 7.05. The molecule has 0 bridgehead atoms. The average Bonchev–Trinajstić information content (AvgIpc) is 3.24. The summed E-state index contributed by atoms with van der Waals surface area (Å²) in [5, 5.41) is 0. The van der Waals surface area contributed by atoms with E-state index in [2.05, 4.69) is 96.2 Å². The first-order valence-corrected chi connectivity index (χ1v) is 27.3. The SMILES string of the molecule is C=CC(C)(C)c1cc(C(C)(C)C)ccc1OOP(=O)(O)OOc1ccc(C(C)(C)C)cc1C(C)(C)C.C=CC(C)(C)c1cc(C(C)(C)C)ccc1OOP(=O)(O)OOc1ccc(C(C)(C)C)cc1C(C)(C)C.[Al+3].[OH-].[OH-].[OH-]. The fraction of sp³-hybridized carbons (Fsp3) is 0.517. The summed E-state index contributed by atoms with van der Waals surface area (Å²) in [4.78, 5) is 41.9. The van der Waals surface area contributed by atoms with Gasteiger partial charge in [-0.05, 0) is 79.0 Å². The van der Waals surface area contributed by atoms with Crippen molar-refractivity contribution in [2.24, 2.45) is 0 Å². The largest absolute Gasteiger partial charge is 3.00 e. The summed E-state index contributed by atoms with van der Waals surface area (Å²) in [5.74, 6) is 1.24. The first kappa shape index (κ1) is 74.3. The minimum atomic E-state index is -4.74. The van der Waals surface area contributed by atoms with E-state index in [0.29, 0.717) is 11.5 Å². The maximum Gasteiger partial charge on any atom is 3.00 e. The number of rotatable bonds is 16. The van der Waals surface area contributed by atoms with Gasteiger partial charge in [0.25, 0.3) is 0 Å². The molecule has 0 heterocycles. The smallest absolute Gasteiger partial charge is 0.870 e. The zero-order valence-corrected chi connectivity index (χ0v) is 52.2. The van der Waals surface area contributed by atoms with Crippen LogP contribution in [0.1, 0.15) is 197 Å². The topological polar surface area (TPSA) is 238 Å². The van der Waals surface area contributed by atoms with Gasteiger partial charge < -0.3 is 36.0 Å². The second-order valence-corrected chi connectivity index (χ2v) is 28.2. The maximum absolute atomic E-state index is 12.6. The van der Waals surface area contributed by atoms with Crippen molar-refractivity contribution in [1.29, 1.82) is 0 Å². The van der Waals surface area contributed by atoms with Crippen molar-refractivity contribution in [2.75, 3.05) is 0 Å². The predicted octanol–water partition coefficient (Wildman–Crippen LogP) is 16.0. The number of allylic oxidation sites excluding steroid dienone is 2. The van der Waals surface area contributed by atoms with Crippen LogP contribution in [-0.2, 0) is 71.1 Å². The molecule has 424 valence electrons. The molecule has 18 heteroatoms. The molecule has 5 N–H and O–H groups in total. The van der Waals surface area contributed by atoms with Gasteiger partial charge in [-0.1, -0.05) is 232 Å². The van der Waals surface area contributed by atoms with Crippen molar-refractivity contribution in [1.82, 2.24) is 0 Å². The molecule has 0 saturated carbocycles. The molecule has 4 rings (SSSR count). The Morgan fingerprint density at radius 1 is 0.355 bits per heavy atom. The van der Waals surface area contributed by atoms with Crippen LogP contribution in [0.15, 0.2) is 98.1 Å². The molecule has 0 aromatic heterocycles. The van der Waals surface area contributed by atoms with E-state index in [4.69, 9.17) is 38.2 Å². The molecule has 0 spiro atoms. The minimum absolute atomic E-state index is 0. The molecule has 15 nitrogen and oxygen atoms in total. The Balaban J connectivity index is 0. The zero-order valence-electron chi connectivity index (χ0n) is 49.3. The molecule has 0 amide bonds. The standard InChI is InChI=1S/2C29H43O6P.Al.3H2O/c2*1-13-29(11,12)23-19-21(27(5,6)7)15-17-25(23)33-35-36(30,31)34-32-24-16-14-20(26(2,3)4)18-22(24)28(8,9)10;;;;/h2*13-19H,1H2,2-12H3,(H,30,31);;3*1H2/q;;+3;;;/p-3. The van der Waals surface area contributed by atoms with Gasteiger partial charge >= 0.3 is 33.0 Å². The molecule has 4 aromatic rings. The van der Waals surface area contributed by atoms with Crippen molar-refractivity contribution in [3.63, 3.8) is 0 Å². The van der Waals surface area contributed by atoms with Gasteiger partial charge in [0, 0.05) is 33.1 Å². The summed E-state index contributed by atoms with van der Waals surface area (Å²) >= 11 is 0. The molecular weight excluding hydrogens is 1030 g/mol. The first-order chi connectivity index (χ1) is 32.3. The molecule has 0 aliphatic carbocycles. The Morgan fingerprint density at radius 2 is 0.539 bits per heavy atom. The Bertz CT molecular complexity index is 2460. The van der Waals surface area contributed by atoms with E-state index in [1.165, 1.54) is 0 Å². The molecule has 0 fully saturated rings. The van der Waals surface area contributed by atoms with E-state index >= 15 is 0 Å². The molecule has 0 saturated heterocycles. The summed E-state index contributed by atoms with van der Waals surface area (Å²) in [6, 6.07) is 22.5. The van der Waals surface area contributed by atoms with Gasteiger partial charge in [0.05, 0.1) is 0 Å². The zero-order chi connectivity index (χ0) is 55.5. The summed E-state index contributed by atoms with van der Waals surface area (Å²) < 4.78 is 44.8. The molecule has 2 unspecified atom stereocenters. The third kappa shape index (κ3) is 21.1. The van der Waals surface area contributed by atoms with E-state index < -0.39 is 26.5 Å². The van der Waals surface area contributed by atoms with Crippen LogP contribution in [-0.4, -0.2) is 43.6 Å². The predicted molar refractivity (Wildman–Crippen MR) is 302 cm³/mol. The van der Waals surface area contributed by atoms with E-state index in [1.807, 2.05) is 118 Å². The van der Waals surface area contributed by atoms with Crippen molar-refractivity contribution in [3.05, 3.63) is 143 Å². The van der Waals surface area contributed by atoms with Gasteiger partial charge in [0.15, 0.2) is 23.0 Å². The fourth-order valence-corrected chi connectivity index (χ4v) is 7.80. The molecule has 2 atom stereocenters. The normalized spacial score (nSPS) is 14.0. The summed E-state index contributed by atoms with van der Waals surface area (Å²) in [5.41, 5.74) is 5.72. The van der Waals surface area contributed by atoms with Crippen LogP contribution in [0.25, 0.3) is 0 Å². The Kier molecular flexibility index (Phi) is 26.3. The van der Waals surface area contributed by atoms with Crippen LogP contribution in [0.4, 0.5) is 0 Å². The van der Waals surface area contributed by atoms with Crippen LogP contribution in [0.3, 0.4) is 0 Å². The van der Waals surface area contributed by atoms with Crippen LogP contribution in [0.2, 0.25) is 0 Å². The number of hydrogen-bond donors (Lipinski definition) is 2. The van der Waals surface area contributed by atoms with Gasteiger partial charge in [-0.2, -0.15) is 0 Å². The van der Waals surface area contributed by atoms with Crippen molar-refractivity contribution in [2.45, 2.75) is 196 Å². The van der Waals surface area contributed by atoms with E-state index in [0.717, 1.165) is 44.5 Å². The summed E-state index contributed by atoms with van der Waals surface area (Å²) in [6.07, 6.45) is 3.57. The number of phosphoric acid groups is 2. The number of hydrogen-bond acceptors (Lipinski definition) is 13. The minimum Gasteiger partial charge on any atom is -0.870 e. The van der Waals surface area contributed by atoms with Crippen molar-refractivity contribution < 1.29 is 73.6 Å². The van der Waals surface area contributed by atoms with Crippen LogP contribution in [0, 0.1) is 0 Å². The van der Waals surface area contributed by atoms with E-state index in [1.54, 1.807) is 36.4 Å². The van der Waals surface area contributed by atoms with Gasteiger partial charge in [-0.15, -0.1) is 13.2 Å². The maximum atomic E-state index is 12.6. The molecule has 0 aliphatic heterocycles. The Hall–Kier alpha value is -3.81. The Morgan fingerprint density at radius 3 is 0.711 bits per heavy atom. The van der Waals surface area contributed by atoms with Crippen LogP contribution >= 0.6 is 15.6 Å². The Labute approximate surface area is 465 Å². The van der Waals surface area contributed by atoms with Crippen LogP contribution in [0.5, 0.6) is 23.0 Å². The molecule has 4 aromatic carbocycles. The molecule has 76 heavy (non-hydrogen) atoms. The van der Waals surface area contributed by atoms with Crippen molar-refractivity contribution in [3.8, 4) is 23.0 Å². The number of benzene rings is 4. The molecular formula is C58H89AlO15P2. The van der Waals surface area contributed by atoms with Gasteiger partial charge in [-0.3, -0.25) is 9.79 Å². The quantitative estimate of drug-likeness (QED) is 0.0349. The molecule has 0 aliphatic rings. The summed E-state index contributed by atoms with van der Waals surface area (Å²) in [6.45, 7) is 53.3. The summed E-state index contributed by atoms with van der Waals surface area (Å²) in [7, 11) is -9.47. The third-order valence-electron chi connectivity index (χ3n) is 12.3. The van der Waals surface area contributed by atoms with Crippen molar-refractivity contribution >= 4 is 33.0 Å². The third-order valence-corrected chi connectivity index (χ3v) is 13.3. The van der Waals surface area contributed by atoms with Gasteiger partial charge in [0.2, 0.25) is 0 Å². The van der Waals surface area contributed by atoms with Gasteiger partial charge in [-0.25, -0.2) is 9.13 Å². The van der Waals surface area contributed by atoms with Crippen LogP contribution < -0.4 is 19.6 Å². The average molecular weight is 1120 g/mol. The first-order valence-electron chi connectivity index (χ1n) is 24.3. The van der Waals surface area contributed by atoms with E-state index in [-0.39, 0.29) is 77.8 Å². The molecule has 0 radical (unpaired) electrons. The van der Waals surface area contributed by atoms with E-state index in [9.17, 15) is 18.9 Å².